The lowest BCUT2D eigenvalue weighted by atomic mass is 9.95. The Morgan fingerprint density at radius 3 is 2.24 bits per heavy atom. The Hall–Kier alpha value is -5.55. The van der Waals surface area contributed by atoms with Crippen LogP contribution in [0.4, 0.5) is 11.4 Å². The number of methoxy groups -OCH3 is 3. The fourth-order valence-electron chi connectivity index (χ4n) is 5.14. The summed E-state index contributed by atoms with van der Waals surface area (Å²) < 4.78 is 29.8. The highest BCUT2D eigenvalue weighted by Crippen LogP contribution is 2.41. The molecule has 49 heavy (non-hydrogen) atoms. The summed E-state index contributed by atoms with van der Waals surface area (Å²) in [5, 5.41) is 22.7. The smallest absolute Gasteiger partial charge is 0.338 e. The van der Waals surface area contributed by atoms with Crippen molar-refractivity contribution in [1.82, 2.24) is 4.57 Å². The van der Waals surface area contributed by atoms with Crippen molar-refractivity contribution < 1.29 is 38.3 Å². The molecular formula is C32H27BrN4O11S. The Bertz CT molecular complexity index is 2230. The standard InChI is InChI=1S/C32H27BrN4O11S/c1-6-47-31(39)28-16(2)34-32-35(29(28)19-14-25(45-4)26(46-5)15-20(19)33)30(38)27(49-32)12-17-7-9-23(24(11-17)44-3)48-22-10-8-18(36(40)41)13-21(22)37(42)43/h7-15,29H,6H2,1-5H3/b27-12-/t29-/m1/s1. The zero-order chi connectivity index (χ0) is 35.6. The molecule has 0 N–H and O–H groups in total. The Labute approximate surface area is 289 Å². The average molecular weight is 756 g/mol. The van der Waals surface area contributed by atoms with Crippen LogP contribution in [-0.4, -0.2) is 48.3 Å². The predicted octanol–water partition coefficient (Wildman–Crippen LogP) is 5.20. The van der Waals surface area contributed by atoms with Gasteiger partial charge in [-0.15, -0.1) is 0 Å². The van der Waals surface area contributed by atoms with Crippen LogP contribution in [0, 0.1) is 20.2 Å². The second kappa shape index (κ2) is 14.3. The number of ether oxygens (including phenoxy) is 5. The molecule has 1 aliphatic rings. The molecule has 0 fully saturated rings. The number of rotatable bonds is 11. The number of aromatic nitrogens is 1. The molecule has 1 aliphatic heterocycles. The SMILES string of the molecule is CCOC(=O)C1=C(C)N=c2s/c(=C\c3ccc(Oc4ccc([N+](=O)[O-])cc4[N+](=O)[O-])c(OC)c3)c(=O)n2[C@@H]1c1cc(OC)c(OC)cc1Br. The van der Waals surface area contributed by atoms with Crippen molar-refractivity contribution >= 4 is 50.7 Å². The number of hydrogen-bond donors (Lipinski definition) is 0. The predicted molar refractivity (Wildman–Crippen MR) is 180 cm³/mol. The van der Waals surface area contributed by atoms with E-state index in [2.05, 4.69) is 20.9 Å². The fourth-order valence-corrected chi connectivity index (χ4v) is 6.73. The fraction of sp³-hybridized carbons (Fsp3) is 0.219. The molecule has 0 saturated carbocycles. The summed E-state index contributed by atoms with van der Waals surface area (Å²) >= 11 is 4.68. The van der Waals surface area contributed by atoms with Crippen LogP contribution in [-0.2, 0) is 9.53 Å². The maximum absolute atomic E-state index is 14.1. The van der Waals surface area contributed by atoms with Crippen molar-refractivity contribution in [2.24, 2.45) is 4.99 Å². The van der Waals surface area contributed by atoms with Crippen LogP contribution < -0.4 is 33.8 Å². The molecule has 15 nitrogen and oxygen atoms in total. The van der Waals surface area contributed by atoms with Gasteiger partial charge in [-0.25, -0.2) is 9.79 Å². The maximum Gasteiger partial charge on any atom is 0.338 e. The molecule has 1 atom stereocenters. The number of thiazole rings is 1. The summed E-state index contributed by atoms with van der Waals surface area (Å²) in [5.74, 6) is 0.220. The van der Waals surface area contributed by atoms with E-state index in [0.29, 0.717) is 37.6 Å². The van der Waals surface area contributed by atoms with Gasteiger partial charge in [0.15, 0.2) is 27.8 Å². The van der Waals surface area contributed by atoms with Gasteiger partial charge in [-0.3, -0.25) is 29.6 Å². The largest absolute Gasteiger partial charge is 0.493 e. The lowest BCUT2D eigenvalue weighted by molar-refractivity contribution is -0.394. The summed E-state index contributed by atoms with van der Waals surface area (Å²) in [4.78, 5) is 53.6. The number of carbonyl (C=O) groups is 1. The van der Waals surface area contributed by atoms with E-state index in [0.717, 1.165) is 29.5 Å². The zero-order valence-corrected chi connectivity index (χ0v) is 28.9. The number of fused-ring (bicyclic) bond motifs is 1. The van der Waals surface area contributed by atoms with Crippen LogP contribution in [0.15, 0.2) is 74.1 Å². The molecular weight excluding hydrogens is 728 g/mol. The average Bonchev–Trinajstić information content (AvgIpc) is 3.38. The topological polar surface area (TPSA) is 184 Å². The second-order valence-corrected chi connectivity index (χ2v) is 12.1. The maximum atomic E-state index is 14.1. The molecule has 3 aromatic carbocycles. The molecule has 0 spiro atoms. The molecule has 0 bridgehead atoms. The third-order valence-corrected chi connectivity index (χ3v) is 9.04. The van der Waals surface area contributed by atoms with Gasteiger partial charge in [-0.05, 0) is 61.4 Å². The molecule has 5 rings (SSSR count). The van der Waals surface area contributed by atoms with Gasteiger partial charge in [0.2, 0.25) is 5.75 Å². The van der Waals surface area contributed by atoms with Crippen molar-refractivity contribution in [3.05, 3.63) is 115 Å². The number of nitro benzene ring substituents is 2. The van der Waals surface area contributed by atoms with Crippen molar-refractivity contribution in [1.29, 1.82) is 0 Å². The minimum absolute atomic E-state index is 0.0890. The van der Waals surface area contributed by atoms with Gasteiger partial charge in [0.1, 0.15) is 0 Å². The highest BCUT2D eigenvalue weighted by atomic mass is 79.9. The van der Waals surface area contributed by atoms with Crippen LogP contribution in [0.5, 0.6) is 28.7 Å². The third kappa shape index (κ3) is 6.75. The molecule has 1 aromatic heterocycles. The van der Waals surface area contributed by atoms with Crippen molar-refractivity contribution in [2.45, 2.75) is 19.9 Å². The normalized spacial score (nSPS) is 14.1. The molecule has 254 valence electrons. The summed E-state index contributed by atoms with van der Waals surface area (Å²) in [6.45, 7) is 3.46. The lowest BCUT2D eigenvalue weighted by Gasteiger charge is -2.26. The van der Waals surface area contributed by atoms with Crippen LogP contribution >= 0.6 is 27.3 Å². The van der Waals surface area contributed by atoms with Gasteiger partial charge in [0.25, 0.3) is 11.2 Å². The minimum atomic E-state index is -0.936. The Morgan fingerprint density at radius 2 is 1.61 bits per heavy atom. The molecule has 0 aliphatic carbocycles. The number of hydrogen-bond acceptors (Lipinski definition) is 13. The van der Waals surface area contributed by atoms with Crippen LogP contribution in [0.25, 0.3) is 6.08 Å². The van der Waals surface area contributed by atoms with Gasteiger partial charge in [0.05, 0.1) is 65.7 Å². The zero-order valence-electron chi connectivity index (χ0n) is 26.5. The van der Waals surface area contributed by atoms with Crippen molar-refractivity contribution in [3.63, 3.8) is 0 Å². The van der Waals surface area contributed by atoms with E-state index in [9.17, 15) is 29.8 Å². The van der Waals surface area contributed by atoms with E-state index >= 15 is 0 Å². The number of esters is 1. The van der Waals surface area contributed by atoms with Gasteiger partial charge in [-0.2, -0.15) is 0 Å². The van der Waals surface area contributed by atoms with E-state index in [1.54, 1.807) is 44.2 Å². The molecule has 0 amide bonds. The van der Waals surface area contributed by atoms with Crippen LogP contribution in [0.2, 0.25) is 0 Å². The van der Waals surface area contributed by atoms with E-state index in [-0.39, 0.29) is 34.0 Å². The highest BCUT2D eigenvalue weighted by molar-refractivity contribution is 9.10. The second-order valence-electron chi connectivity index (χ2n) is 10.2. The van der Waals surface area contributed by atoms with Crippen LogP contribution in [0.1, 0.15) is 31.0 Å². The van der Waals surface area contributed by atoms with E-state index in [1.165, 1.54) is 32.0 Å². The molecule has 17 heteroatoms. The molecule has 4 aromatic rings. The Kier molecular flexibility index (Phi) is 10.1. The van der Waals surface area contributed by atoms with Crippen LogP contribution in [0.3, 0.4) is 0 Å². The summed E-state index contributed by atoms with van der Waals surface area (Å²) in [5.41, 5.74) is 0.0934. The van der Waals surface area contributed by atoms with E-state index in [4.69, 9.17) is 23.7 Å². The van der Waals surface area contributed by atoms with Gasteiger partial charge < -0.3 is 23.7 Å². The van der Waals surface area contributed by atoms with Crippen molar-refractivity contribution in [2.75, 3.05) is 27.9 Å². The first-order chi connectivity index (χ1) is 23.4. The summed E-state index contributed by atoms with van der Waals surface area (Å²) in [6, 6.07) is 10.1. The number of allylic oxidation sites excluding steroid dienone is 1. The number of carbonyl (C=O) groups excluding carboxylic acids is 1. The van der Waals surface area contributed by atoms with E-state index in [1.807, 2.05) is 0 Å². The Balaban J connectivity index is 1.62. The molecule has 0 saturated heterocycles. The number of nitro groups is 2. The number of benzene rings is 3. The quantitative estimate of drug-likeness (QED) is 0.111. The van der Waals surface area contributed by atoms with Gasteiger partial charge in [-0.1, -0.05) is 33.3 Å². The number of non-ortho nitro benzene ring substituents is 1. The van der Waals surface area contributed by atoms with Crippen molar-refractivity contribution in [3.8, 4) is 28.7 Å². The monoisotopic (exact) mass is 754 g/mol. The van der Waals surface area contributed by atoms with E-state index < -0.39 is 38.8 Å². The van der Waals surface area contributed by atoms with Gasteiger partial charge in [0, 0.05) is 10.5 Å². The number of nitrogens with zero attached hydrogens (tertiary/aromatic N) is 4. The highest BCUT2D eigenvalue weighted by Gasteiger charge is 2.35. The lowest BCUT2D eigenvalue weighted by Crippen LogP contribution is -2.40. The Morgan fingerprint density at radius 1 is 0.959 bits per heavy atom. The first kappa shape index (κ1) is 34.8. The third-order valence-electron chi connectivity index (χ3n) is 7.37. The number of halogens is 1. The molecule has 0 radical (unpaired) electrons. The van der Waals surface area contributed by atoms with Gasteiger partial charge >= 0.3 is 11.7 Å². The summed E-state index contributed by atoms with van der Waals surface area (Å²) in [7, 11) is 4.34. The molecule has 2 heterocycles. The summed E-state index contributed by atoms with van der Waals surface area (Å²) in [6.07, 6.45) is 1.61. The minimum Gasteiger partial charge on any atom is -0.493 e. The first-order valence-electron chi connectivity index (χ1n) is 14.3. The first-order valence-corrected chi connectivity index (χ1v) is 15.9. The molecule has 0 unspecified atom stereocenters.